The van der Waals surface area contributed by atoms with Gasteiger partial charge in [-0.25, -0.2) is 0 Å². The number of nitrogens with zero attached hydrogens (tertiary/aromatic N) is 1. The van der Waals surface area contributed by atoms with Gasteiger partial charge in [-0.1, -0.05) is 30.0 Å². The minimum atomic E-state index is -0.0971. The van der Waals surface area contributed by atoms with Crippen LogP contribution in [0.4, 0.5) is 0 Å². The van der Waals surface area contributed by atoms with E-state index in [1.165, 1.54) is 18.4 Å². The number of benzene rings is 1. The van der Waals surface area contributed by atoms with Crippen LogP contribution >= 0.6 is 0 Å². The van der Waals surface area contributed by atoms with Crippen molar-refractivity contribution in [3.8, 4) is 11.8 Å². The second-order valence-corrected chi connectivity index (χ2v) is 5.30. The van der Waals surface area contributed by atoms with E-state index in [1.807, 2.05) is 18.2 Å². The van der Waals surface area contributed by atoms with E-state index in [9.17, 15) is 0 Å². The molecule has 3 nitrogen and oxygen atoms in total. The topological polar surface area (TPSA) is 32.7 Å². The Morgan fingerprint density at radius 2 is 2.20 bits per heavy atom. The van der Waals surface area contributed by atoms with E-state index in [0.29, 0.717) is 6.10 Å². The highest BCUT2D eigenvalue weighted by atomic mass is 16.5. The molecule has 108 valence electrons. The molecule has 1 heterocycles. The Bertz CT molecular complexity index is 469. The third-order valence-electron chi connectivity index (χ3n) is 3.55. The van der Waals surface area contributed by atoms with Crippen LogP contribution in [-0.2, 0) is 11.3 Å². The molecule has 1 aliphatic rings. The monoisotopic (exact) mass is 273 g/mol. The predicted molar refractivity (Wildman–Crippen MR) is 80.3 cm³/mol. The van der Waals surface area contributed by atoms with Crippen molar-refractivity contribution in [1.29, 1.82) is 0 Å². The fourth-order valence-electron chi connectivity index (χ4n) is 2.57. The van der Waals surface area contributed by atoms with E-state index >= 15 is 0 Å². The normalized spacial score (nSPS) is 18.6. The van der Waals surface area contributed by atoms with Gasteiger partial charge in [0.1, 0.15) is 6.61 Å². The fraction of sp³-hybridized carbons (Fsp3) is 0.529. The summed E-state index contributed by atoms with van der Waals surface area (Å²) in [4.78, 5) is 2.29. The van der Waals surface area contributed by atoms with Crippen LogP contribution in [0.2, 0.25) is 0 Å². The number of hydrogen-bond donors (Lipinski definition) is 1. The van der Waals surface area contributed by atoms with E-state index in [-0.39, 0.29) is 6.61 Å². The maximum Gasteiger partial charge on any atom is 0.104 e. The summed E-state index contributed by atoms with van der Waals surface area (Å²) in [5.74, 6) is 5.74. The molecule has 1 atom stereocenters. The van der Waals surface area contributed by atoms with Gasteiger partial charge in [0.2, 0.25) is 0 Å². The molecule has 1 aromatic carbocycles. The average Bonchev–Trinajstić information content (AvgIpc) is 2.47. The lowest BCUT2D eigenvalue weighted by Crippen LogP contribution is -2.33. The van der Waals surface area contributed by atoms with E-state index in [2.05, 4.69) is 29.9 Å². The zero-order valence-corrected chi connectivity index (χ0v) is 12.1. The van der Waals surface area contributed by atoms with E-state index in [4.69, 9.17) is 9.84 Å². The van der Waals surface area contributed by atoms with Crippen molar-refractivity contribution in [2.75, 3.05) is 26.8 Å². The summed E-state index contributed by atoms with van der Waals surface area (Å²) in [6.45, 7) is 2.62. The lowest BCUT2D eigenvalue weighted by Gasteiger charge is -2.27. The third-order valence-corrected chi connectivity index (χ3v) is 3.55. The molecule has 3 heteroatoms. The number of ether oxygens (including phenoxy) is 1. The first-order valence-corrected chi connectivity index (χ1v) is 7.27. The molecule has 0 spiro atoms. The average molecular weight is 273 g/mol. The number of hydrogen-bond acceptors (Lipinski definition) is 3. The van der Waals surface area contributed by atoms with Gasteiger partial charge in [-0.3, -0.25) is 4.90 Å². The summed E-state index contributed by atoms with van der Waals surface area (Å²) >= 11 is 0. The lowest BCUT2D eigenvalue weighted by molar-refractivity contribution is -0.00260. The molecule has 1 aliphatic heterocycles. The maximum atomic E-state index is 8.82. The Morgan fingerprint density at radius 3 is 2.95 bits per heavy atom. The van der Waals surface area contributed by atoms with Gasteiger partial charge in [-0.15, -0.1) is 0 Å². The number of aliphatic hydroxyl groups is 1. The van der Waals surface area contributed by atoms with Gasteiger partial charge in [0, 0.05) is 25.3 Å². The smallest absolute Gasteiger partial charge is 0.104 e. The van der Waals surface area contributed by atoms with E-state index in [0.717, 1.165) is 31.7 Å². The molecule has 0 radical (unpaired) electrons. The molecule has 20 heavy (non-hydrogen) atoms. The molecular weight excluding hydrogens is 250 g/mol. The molecule has 1 unspecified atom stereocenters. The molecule has 1 fully saturated rings. The van der Waals surface area contributed by atoms with Crippen molar-refractivity contribution in [1.82, 2.24) is 4.90 Å². The second kappa shape index (κ2) is 8.06. The molecule has 0 bridgehead atoms. The highest BCUT2D eigenvalue weighted by Gasteiger charge is 2.16. The van der Waals surface area contributed by atoms with Gasteiger partial charge in [-0.2, -0.15) is 0 Å². The molecule has 0 amide bonds. The first-order chi connectivity index (χ1) is 9.79. The SMILES string of the molecule is CN(Cc1ccccc1C#CCO)CC1CCCCO1. The van der Waals surface area contributed by atoms with Crippen LogP contribution in [0.5, 0.6) is 0 Å². The molecular formula is C17H23NO2. The van der Waals surface area contributed by atoms with Crippen LogP contribution in [0.1, 0.15) is 30.4 Å². The highest BCUT2D eigenvalue weighted by Crippen LogP contribution is 2.15. The first-order valence-electron chi connectivity index (χ1n) is 7.27. The molecule has 1 saturated heterocycles. The van der Waals surface area contributed by atoms with Gasteiger partial charge >= 0.3 is 0 Å². The lowest BCUT2D eigenvalue weighted by atomic mass is 10.1. The highest BCUT2D eigenvalue weighted by molar-refractivity contribution is 5.41. The van der Waals surface area contributed by atoms with Crippen LogP contribution in [0.3, 0.4) is 0 Å². The van der Waals surface area contributed by atoms with Gasteiger partial charge in [-0.05, 0) is 37.9 Å². The zero-order chi connectivity index (χ0) is 14.2. The Balaban J connectivity index is 1.94. The largest absolute Gasteiger partial charge is 0.384 e. The maximum absolute atomic E-state index is 8.82. The Kier molecular flexibility index (Phi) is 6.07. The van der Waals surface area contributed by atoms with E-state index < -0.39 is 0 Å². The number of aliphatic hydroxyl groups excluding tert-OH is 1. The van der Waals surface area contributed by atoms with E-state index in [1.54, 1.807) is 0 Å². The molecule has 0 saturated carbocycles. The van der Waals surface area contributed by atoms with Crippen LogP contribution in [0.25, 0.3) is 0 Å². The minimum Gasteiger partial charge on any atom is -0.384 e. The summed E-state index contributed by atoms with van der Waals surface area (Å²) in [6.07, 6.45) is 4.00. The summed E-state index contributed by atoms with van der Waals surface area (Å²) in [5.41, 5.74) is 2.20. The van der Waals surface area contributed by atoms with Crippen molar-refractivity contribution in [3.63, 3.8) is 0 Å². The van der Waals surface area contributed by atoms with Crippen LogP contribution < -0.4 is 0 Å². The summed E-state index contributed by atoms with van der Waals surface area (Å²) in [6, 6.07) is 8.11. The van der Waals surface area contributed by atoms with Crippen molar-refractivity contribution in [2.24, 2.45) is 0 Å². The first kappa shape index (κ1) is 15.1. The predicted octanol–water partition coefficient (Wildman–Crippen LogP) is 2.03. The van der Waals surface area contributed by atoms with Crippen molar-refractivity contribution in [2.45, 2.75) is 31.9 Å². The Labute approximate surface area is 121 Å². The zero-order valence-electron chi connectivity index (χ0n) is 12.1. The standard InChI is InChI=1S/C17H23NO2/c1-18(14-17-10-4-5-12-20-17)13-16-8-3-2-7-15(16)9-6-11-19/h2-3,7-8,17,19H,4-5,10-14H2,1H3. The molecule has 1 aromatic rings. The summed E-state index contributed by atoms with van der Waals surface area (Å²) in [7, 11) is 2.12. The minimum absolute atomic E-state index is 0.0971. The number of rotatable bonds is 4. The molecule has 0 aromatic heterocycles. The van der Waals surface area contributed by atoms with Crippen molar-refractivity contribution in [3.05, 3.63) is 35.4 Å². The van der Waals surface area contributed by atoms with Crippen LogP contribution in [0.15, 0.2) is 24.3 Å². The summed E-state index contributed by atoms with van der Waals surface area (Å²) in [5, 5.41) is 8.82. The van der Waals surface area contributed by atoms with Crippen LogP contribution in [0, 0.1) is 11.8 Å². The molecule has 2 rings (SSSR count). The Morgan fingerprint density at radius 1 is 1.35 bits per heavy atom. The summed E-state index contributed by atoms with van der Waals surface area (Å²) < 4.78 is 5.78. The van der Waals surface area contributed by atoms with Crippen molar-refractivity contribution < 1.29 is 9.84 Å². The van der Waals surface area contributed by atoms with Gasteiger partial charge in [0.25, 0.3) is 0 Å². The quantitative estimate of drug-likeness (QED) is 0.852. The van der Waals surface area contributed by atoms with Gasteiger partial charge in [0.05, 0.1) is 6.10 Å². The second-order valence-electron chi connectivity index (χ2n) is 5.30. The van der Waals surface area contributed by atoms with Gasteiger partial charge < -0.3 is 9.84 Å². The Hall–Kier alpha value is -1.34. The molecule has 1 N–H and O–H groups in total. The number of likely N-dealkylation sites (N-methyl/N-ethyl adjacent to an activating group) is 1. The third kappa shape index (κ3) is 4.64. The van der Waals surface area contributed by atoms with Crippen LogP contribution in [-0.4, -0.2) is 42.9 Å². The molecule has 0 aliphatic carbocycles. The van der Waals surface area contributed by atoms with Crippen molar-refractivity contribution >= 4 is 0 Å². The van der Waals surface area contributed by atoms with Gasteiger partial charge in [0.15, 0.2) is 0 Å². The fourth-order valence-corrected chi connectivity index (χ4v) is 2.57.